The van der Waals surface area contributed by atoms with Gasteiger partial charge < -0.3 is 12.6 Å². The highest BCUT2D eigenvalue weighted by Crippen LogP contribution is 1.75. The van der Waals surface area contributed by atoms with Gasteiger partial charge in [-0.25, -0.2) is 0 Å². The van der Waals surface area contributed by atoms with Crippen LogP contribution in [0.15, 0.2) is 5.16 Å². The van der Waals surface area contributed by atoms with E-state index in [1.165, 1.54) is 4.80 Å². The SMILES string of the molecule is CC[n+]1nn(C)nc1[S-]. The van der Waals surface area contributed by atoms with Crippen LogP contribution in [-0.4, -0.2) is 15.1 Å². The summed E-state index contributed by atoms with van der Waals surface area (Å²) in [5.74, 6) is 0. The second kappa shape index (κ2) is 2.26. The summed E-state index contributed by atoms with van der Waals surface area (Å²) in [5, 5.41) is 8.35. The normalized spacial score (nSPS) is 10.0. The molecule has 0 saturated carbocycles. The van der Waals surface area contributed by atoms with Gasteiger partial charge in [0.05, 0.1) is 11.8 Å². The van der Waals surface area contributed by atoms with Crippen molar-refractivity contribution in [3.8, 4) is 0 Å². The van der Waals surface area contributed by atoms with Gasteiger partial charge in [0.2, 0.25) is 0 Å². The van der Waals surface area contributed by atoms with Gasteiger partial charge in [0, 0.05) is 5.10 Å². The lowest BCUT2D eigenvalue weighted by molar-refractivity contribution is -0.786. The predicted octanol–water partition coefficient (Wildman–Crippen LogP) is -0.972. The van der Waals surface area contributed by atoms with Crippen LogP contribution in [-0.2, 0) is 26.2 Å². The molecular formula is C4H8N4S. The molecule has 0 spiro atoms. The molecule has 0 aliphatic carbocycles. The summed E-state index contributed by atoms with van der Waals surface area (Å²) < 4.78 is 1.66. The molecule has 0 amide bonds. The molecule has 0 aromatic carbocycles. The molecule has 0 saturated heterocycles. The van der Waals surface area contributed by atoms with Crippen molar-refractivity contribution in [1.82, 2.24) is 15.1 Å². The van der Waals surface area contributed by atoms with Crippen LogP contribution >= 0.6 is 0 Å². The van der Waals surface area contributed by atoms with Gasteiger partial charge >= 0.3 is 0 Å². The fraction of sp³-hybridized carbons (Fsp3) is 0.750. The van der Waals surface area contributed by atoms with E-state index >= 15 is 0 Å². The third-order valence-electron chi connectivity index (χ3n) is 0.988. The van der Waals surface area contributed by atoms with Crippen LogP contribution in [0, 0.1) is 0 Å². The minimum atomic E-state index is 0.542. The fourth-order valence-electron chi connectivity index (χ4n) is 0.588. The van der Waals surface area contributed by atoms with Crippen LogP contribution in [0.4, 0.5) is 0 Å². The molecule has 50 valence electrons. The number of aromatic nitrogens is 4. The quantitative estimate of drug-likeness (QED) is 0.375. The zero-order valence-corrected chi connectivity index (χ0v) is 6.22. The van der Waals surface area contributed by atoms with Crippen LogP contribution in [0.5, 0.6) is 0 Å². The van der Waals surface area contributed by atoms with Gasteiger partial charge in [-0.05, 0) is 11.7 Å². The third kappa shape index (κ3) is 1.16. The van der Waals surface area contributed by atoms with Gasteiger partial charge in [0.1, 0.15) is 7.05 Å². The molecule has 0 N–H and O–H groups in total. The van der Waals surface area contributed by atoms with Crippen molar-refractivity contribution in [2.75, 3.05) is 0 Å². The first-order valence-corrected chi connectivity index (χ1v) is 3.13. The highest BCUT2D eigenvalue weighted by atomic mass is 32.1. The van der Waals surface area contributed by atoms with Crippen molar-refractivity contribution < 1.29 is 4.68 Å². The Balaban J connectivity index is 3.01. The Morgan fingerprint density at radius 1 is 1.78 bits per heavy atom. The molecule has 1 aromatic heterocycles. The number of aryl methyl sites for hydroxylation is 2. The molecule has 0 bridgehead atoms. The van der Waals surface area contributed by atoms with Crippen LogP contribution in [0.25, 0.3) is 0 Å². The molecule has 0 atom stereocenters. The smallest absolute Gasteiger partial charge is 0.181 e. The van der Waals surface area contributed by atoms with Crippen molar-refractivity contribution in [1.29, 1.82) is 0 Å². The number of tetrazole rings is 1. The number of hydrogen-bond donors (Lipinski definition) is 0. The van der Waals surface area contributed by atoms with Gasteiger partial charge in [-0.3, -0.25) is 0 Å². The first-order chi connectivity index (χ1) is 4.24. The minimum Gasteiger partial charge on any atom is -0.701 e. The summed E-state index contributed by atoms with van der Waals surface area (Å²) in [6, 6.07) is 0. The molecule has 0 aliphatic heterocycles. The highest BCUT2D eigenvalue weighted by Gasteiger charge is 2.00. The van der Waals surface area contributed by atoms with E-state index in [1.807, 2.05) is 6.92 Å². The maximum Gasteiger partial charge on any atom is 0.181 e. The molecule has 1 rings (SSSR count). The van der Waals surface area contributed by atoms with Crippen molar-refractivity contribution in [3.63, 3.8) is 0 Å². The van der Waals surface area contributed by atoms with E-state index in [0.717, 1.165) is 6.54 Å². The number of hydrogen-bond acceptors (Lipinski definition) is 3. The molecule has 0 unspecified atom stereocenters. The third-order valence-corrected chi connectivity index (χ3v) is 1.28. The largest absolute Gasteiger partial charge is 0.701 e. The van der Waals surface area contributed by atoms with Gasteiger partial charge in [-0.2, -0.15) is 4.68 Å². The second-order valence-corrected chi connectivity index (χ2v) is 2.04. The van der Waals surface area contributed by atoms with Gasteiger partial charge in [0.15, 0.2) is 5.16 Å². The Kier molecular flexibility index (Phi) is 1.61. The van der Waals surface area contributed by atoms with Crippen molar-refractivity contribution in [2.45, 2.75) is 18.6 Å². The molecule has 4 nitrogen and oxygen atoms in total. The summed E-state index contributed by atoms with van der Waals surface area (Å²) in [5.41, 5.74) is 0. The fourth-order valence-corrected chi connectivity index (χ4v) is 0.872. The maximum absolute atomic E-state index is 4.84. The average molecular weight is 144 g/mol. The van der Waals surface area contributed by atoms with Crippen molar-refractivity contribution in [2.24, 2.45) is 7.05 Å². The monoisotopic (exact) mass is 144 g/mol. The Labute approximate surface area is 58.9 Å². The first kappa shape index (κ1) is 6.41. The van der Waals surface area contributed by atoms with E-state index in [4.69, 9.17) is 12.6 Å². The highest BCUT2D eigenvalue weighted by molar-refractivity contribution is 7.58. The molecular weight excluding hydrogens is 136 g/mol. The first-order valence-electron chi connectivity index (χ1n) is 2.72. The Hall–Kier alpha value is -0.710. The van der Waals surface area contributed by atoms with Crippen LogP contribution in [0.3, 0.4) is 0 Å². The summed E-state index contributed by atoms with van der Waals surface area (Å²) in [6.45, 7) is 2.76. The Morgan fingerprint density at radius 2 is 2.44 bits per heavy atom. The maximum atomic E-state index is 4.84. The molecule has 5 heteroatoms. The molecule has 0 fully saturated rings. The Morgan fingerprint density at radius 3 is 2.67 bits per heavy atom. The van der Waals surface area contributed by atoms with Crippen LogP contribution < -0.4 is 4.68 Å². The summed E-state index contributed by atoms with van der Waals surface area (Å²) in [4.78, 5) is 1.46. The standard InChI is InChI=1S/C4H8N4S/c1-3-8-4(9)5-7(2)6-8/h3H2,1-2H3. The van der Waals surface area contributed by atoms with Crippen LogP contribution in [0.1, 0.15) is 6.92 Å². The molecule has 9 heavy (non-hydrogen) atoms. The number of nitrogens with zero attached hydrogens (tertiary/aromatic N) is 4. The van der Waals surface area contributed by atoms with E-state index in [0.29, 0.717) is 5.16 Å². The van der Waals surface area contributed by atoms with Gasteiger partial charge in [-0.1, -0.05) is 0 Å². The molecule has 0 radical (unpaired) electrons. The minimum absolute atomic E-state index is 0.542. The van der Waals surface area contributed by atoms with E-state index in [9.17, 15) is 0 Å². The zero-order valence-electron chi connectivity index (χ0n) is 5.40. The lowest BCUT2D eigenvalue weighted by Crippen LogP contribution is -2.37. The van der Waals surface area contributed by atoms with Crippen molar-refractivity contribution in [3.05, 3.63) is 0 Å². The summed E-state index contributed by atoms with van der Waals surface area (Å²) >= 11 is 4.84. The number of rotatable bonds is 1. The summed E-state index contributed by atoms with van der Waals surface area (Å²) in [6.07, 6.45) is 0. The van der Waals surface area contributed by atoms with Gasteiger partial charge in [0.25, 0.3) is 0 Å². The van der Waals surface area contributed by atoms with E-state index in [2.05, 4.69) is 10.3 Å². The predicted molar refractivity (Wildman–Crippen MR) is 32.5 cm³/mol. The topological polar surface area (TPSA) is 34.6 Å². The summed E-state index contributed by atoms with van der Waals surface area (Å²) in [7, 11) is 1.75. The lowest BCUT2D eigenvalue weighted by atomic mass is 10.8. The van der Waals surface area contributed by atoms with E-state index in [1.54, 1.807) is 11.7 Å². The van der Waals surface area contributed by atoms with Crippen molar-refractivity contribution >= 4 is 12.6 Å². The van der Waals surface area contributed by atoms with Gasteiger partial charge in [-0.15, -0.1) is 0 Å². The Bertz CT molecular complexity index is 206. The average Bonchev–Trinajstić information content (AvgIpc) is 2.10. The van der Waals surface area contributed by atoms with E-state index in [-0.39, 0.29) is 0 Å². The second-order valence-electron chi connectivity index (χ2n) is 1.68. The molecule has 0 aliphatic rings. The lowest BCUT2D eigenvalue weighted by Gasteiger charge is -1.91. The zero-order chi connectivity index (χ0) is 6.85. The molecule has 1 heterocycles. The van der Waals surface area contributed by atoms with Crippen LogP contribution in [0.2, 0.25) is 0 Å². The molecule has 1 aromatic rings. The van der Waals surface area contributed by atoms with E-state index < -0.39 is 0 Å².